The van der Waals surface area contributed by atoms with Gasteiger partial charge in [0.2, 0.25) is 0 Å². The minimum Gasteiger partial charge on any atom is -0.508 e. The van der Waals surface area contributed by atoms with Gasteiger partial charge in [-0.1, -0.05) is 19.8 Å². The zero-order chi connectivity index (χ0) is 8.97. The van der Waals surface area contributed by atoms with Crippen molar-refractivity contribution in [1.29, 1.82) is 0 Å². The number of rotatable bonds is 4. The van der Waals surface area contributed by atoms with Crippen LogP contribution in [0.15, 0.2) is 11.5 Å². The van der Waals surface area contributed by atoms with Crippen LogP contribution in [0.25, 0.3) is 0 Å². The van der Waals surface area contributed by atoms with Crippen LogP contribution in [0.2, 0.25) is 0 Å². The molecule has 3 heteroatoms. The van der Waals surface area contributed by atoms with Crippen molar-refractivity contribution in [3.8, 4) is 0 Å². The number of carbonyl (C=O) groups excluding carboxylic acids is 1. The zero-order valence-electron chi connectivity index (χ0n) is 7.30. The average molecular weight is 170 g/mol. The highest BCUT2D eigenvalue weighted by atomic mass is 16.5. The molecule has 12 heavy (non-hydrogen) atoms. The molecule has 0 aromatic rings. The lowest BCUT2D eigenvalue weighted by molar-refractivity contribution is -0.136. The smallest absolute Gasteiger partial charge is 0.318 e. The summed E-state index contributed by atoms with van der Waals surface area (Å²) in [7, 11) is 0. The topological polar surface area (TPSA) is 46.5 Å². The molecule has 3 nitrogen and oxygen atoms in total. The molecule has 0 aromatic carbocycles. The number of esters is 1. The number of cyclic esters (lactones) is 1. The summed E-state index contributed by atoms with van der Waals surface area (Å²) >= 11 is 0. The largest absolute Gasteiger partial charge is 0.508 e. The summed E-state index contributed by atoms with van der Waals surface area (Å²) in [5, 5.41) is 9.19. The van der Waals surface area contributed by atoms with Crippen LogP contribution in [0, 0.1) is 0 Å². The highest BCUT2D eigenvalue weighted by molar-refractivity contribution is 5.76. The predicted molar refractivity (Wildman–Crippen MR) is 44.5 cm³/mol. The second-order valence-electron chi connectivity index (χ2n) is 2.98. The number of ether oxygens (including phenoxy) is 1. The molecule has 1 N–H and O–H groups in total. The van der Waals surface area contributed by atoms with Crippen molar-refractivity contribution in [2.24, 2.45) is 0 Å². The third kappa shape index (κ3) is 2.26. The Balaban J connectivity index is 2.32. The van der Waals surface area contributed by atoms with Crippen LogP contribution in [0.4, 0.5) is 0 Å². The van der Waals surface area contributed by atoms with Crippen molar-refractivity contribution in [1.82, 2.24) is 0 Å². The van der Waals surface area contributed by atoms with E-state index in [1.807, 2.05) is 0 Å². The first-order valence-electron chi connectivity index (χ1n) is 4.35. The molecule has 0 radical (unpaired) electrons. The normalized spacial score (nSPS) is 16.9. The van der Waals surface area contributed by atoms with Crippen molar-refractivity contribution in [3.63, 3.8) is 0 Å². The second kappa shape index (κ2) is 4.14. The number of aliphatic hydroxyl groups excluding tert-OH is 1. The molecule has 0 saturated carbocycles. The molecule has 1 heterocycles. The average Bonchev–Trinajstić information content (AvgIpc) is 2.31. The Morgan fingerprint density at radius 1 is 1.50 bits per heavy atom. The molecule has 0 aromatic heterocycles. The summed E-state index contributed by atoms with van der Waals surface area (Å²) in [4.78, 5) is 10.7. The van der Waals surface area contributed by atoms with E-state index in [0.29, 0.717) is 12.2 Å². The molecule has 0 spiro atoms. The first-order chi connectivity index (χ1) is 5.74. The Bertz CT molecular complexity index is 206. The minimum absolute atomic E-state index is 0.0570. The third-order valence-corrected chi connectivity index (χ3v) is 1.88. The van der Waals surface area contributed by atoms with Crippen LogP contribution >= 0.6 is 0 Å². The molecule has 0 fully saturated rings. The standard InChI is InChI=1S/C9H14O3/c1-2-3-4-5-8-7(10)6-9(11)12-8/h10H,2-6H2,1H3. The summed E-state index contributed by atoms with van der Waals surface area (Å²) < 4.78 is 4.81. The van der Waals surface area contributed by atoms with E-state index in [4.69, 9.17) is 4.74 Å². The molecule has 1 rings (SSSR count). The highest BCUT2D eigenvalue weighted by Crippen LogP contribution is 2.22. The van der Waals surface area contributed by atoms with Crippen LogP contribution in [-0.4, -0.2) is 11.1 Å². The van der Waals surface area contributed by atoms with E-state index in [0.717, 1.165) is 19.3 Å². The molecule has 0 bridgehead atoms. The van der Waals surface area contributed by atoms with Crippen molar-refractivity contribution in [2.75, 3.05) is 0 Å². The summed E-state index contributed by atoms with van der Waals surface area (Å²) in [5.41, 5.74) is 0. The van der Waals surface area contributed by atoms with Crippen molar-refractivity contribution in [2.45, 2.75) is 39.0 Å². The maximum absolute atomic E-state index is 10.7. The number of aliphatic hydroxyl groups is 1. The van der Waals surface area contributed by atoms with E-state index in [9.17, 15) is 9.90 Å². The fraction of sp³-hybridized carbons (Fsp3) is 0.667. The molecule has 1 aliphatic heterocycles. The first-order valence-corrected chi connectivity index (χ1v) is 4.35. The molecule has 0 saturated heterocycles. The number of carbonyl (C=O) groups is 1. The first kappa shape index (κ1) is 9.10. The Morgan fingerprint density at radius 3 is 2.75 bits per heavy atom. The lowest BCUT2D eigenvalue weighted by atomic mass is 10.2. The van der Waals surface area contributed by atoms with Crippen LogP contribution in [-0.2, 0) is 9.53 Å². The third-order valence-electron chi connectivity index (χ3n) is 1.88. The number of hydrogen-bond acceptors (Lipinski definition) is 3. The summed E-state index contributed by atoms with van der Waals surface area (Å²) in [6, 6.07) is 0. The van der Waals surface area contributed by atoms with Gasteiger partial charge in [-0.15, -0.1) is 0 Å². The van der Waals surface area contributed by atoms with E-state index >= 15 is 0 Å². The zero-order valence-corrected chi connectivity index (χ0v) is 7.30. The van der Waals surface area contributed by atoms with Crippen LogP contribution in [0.1, 0.15) is 39.0 Å². The highest BCUT2D eigenvalue weighted by Gasteiger charge is 2.22. The van der Waals surface area contributed by atoms with E-state index in [1.54, 1.807) is 0 Å². The van der Waals surface area contributed by atoms with Gasteiger partial charge in [0.15, 0.2) is 0 Å². The van der Waals surface area contributed by atoms with Gasteiger partial charge in [-0.25, -0.2) is 0 Å². The van der Waals surface area contributed by atoms with Gasteiger partial charge in [0.05, 0.1) is 0 Å². The number of allylic oxidation sites excluding steroid dienone is 1. The molecule has 0 atom stereocenters. The van der Waals surface area contributed by atoms with Gasteiger partial charge in [0, 0.05) is 6.42 Å². The monoisotopic (exact) mass is 170 g/mol. The van der Waals surface area contributed by atoms with Crippen molar-refractivity contribution >= 4 is 5.97 Å². The molecule has 0 amide bonds. The van der Waals surface area contributed by atoms with Gasteiger partial charge in [0.25, 0.3) is 0 Å². The Labute approximate surface area is 72.0 Å². The van der Waals surface area contributed by atoms with E-state index in [-0.39, 0.29) is 18.1 Å². The van der Waals surface area contributed by atoms with Gasteiger partial charge in [0.1, 0.15) is 17.9 Å². The fourth-order valence-corrected chi connectivity index (χ4v) is 1.20. The van der Waals surface area contributed by atoms with Crippen molar-refractivity contribution in [3.05, 3.63) is 11.5 Å². The maximum atomic E-state index is 10.7. The maximum Gasteiger partial charge on any atom is 0.318 e. The summed E-state index contributed by atoms with van der Waals surface area (Å²) in [6.45, 7) is 2.11. The van der Waals surface area contributed by atoms with E-state index in [2.05, 4.69) is 6.92 Å². The van der Waals surface area contributed by atoms with Gasteiger partial charge >= 0.3 is 5.97 Å². The van der Waals surface area contributed by atoms with Gasteiger partial charge in [-0.05, 0) is 6.42 Å². The van der Waals surface area contributed by atoms with Crippen LogP contribution < -0.4 is 0 Å². The Morgan fingerprint density at radius 2 is 2.25 bits per heavy atom. The van der Waals surface area contributed by atoms with Crippen LogP contribution in [0.5, 0.6) is 0 Å². The number of hydrogen-bond donors (Lipinski definition) is 1. The summed E-state index contributed by atoms with van der Waals surface area (Å²) in [5.74, 6) is 0.267. The minimum atomic E-state index is -0.334. The van der Waals surface area contributed by atoms with Crippen LogP contribution in [0.3, 0.4) is 0 Å². The lowest BCUT2D eigenvalue weighted by Crippen LogP contribution is -1.93. The van der Waals surface area contributed by atoms with Gasteiger partial charge in [-0.2, -0.15) is 0 Å². The van der Waals surface area contributed by atoms with Gasteiger partial charge in [-0.3, -0.25) is 4.79 Å². The Kier molecular flexibility index (Phi) is 3.14. The Hall–Kier alpha value is -0.990. The lowest BCUT2D eigenvalue weighted by Gasteiger charge is -2.00. The molecule has 0 unspecified atom stereocenters. The fourth-order valence-electron chi connectivity index (χ4n) is 1.20. The molecular formula is C9H14O3. The van der Waals surface area contributed by atoms with E-state index < -0.39 is 0 Å². The molecule has 68 valence electrons. The quantitative estimate of drug-likeness (QED) is 0.520. The predicted octanol–water partition coefficient (Wildman–Crippen LogP) is 2.28. The van der Waals surface area contributed by atoms with Gasteiger partial charge < -0.3 is 9.84 Å². The summed E-state index contributed by atoms with van der Waals surface area (Å²) in [6.07, 6.45) is 3.95. The second-order valence-corrected chi connectivity index (χ2v) is 2.98. The van der Waals surface area contributed by atoms with E-state index in [1.165, 1.54) is 0 Å². The molecule has 0 aliphatic carbocycles. The molecule has 1 aliphatic rings. The molecular weight excluding hydrogens is 156 g/mol. The SMILES string of the molecule is CCCCCC1=C(O)CC(=O)O1. The number of unbranched alkanes of at least 4 members (excludes halogenated alkanes) is 2. The van der Waals surface area contributed by atoms with Crippen molar-refractivity contribution < 1.29 is 14.6 Å².